The van der Waals surface area contributed by atoms with E-state index in [1.54, 1.807) is 12.1 Å². The van der Waals surface area contributed by atoms with Crippen molar-refractivity contribution in [3.8, 4) is 5.75 Å². The molecule has 7 heteroatoms. The fraction of sp³-hybridized carbons (Fsp3) is 0.625. The molecule has 0 aromatic heterocycles. The number of benzene rings is 1. The second-order valence-electron chi connectivity index (χ2n) is 5.93. The summed E-state index contributed by atoms with van der Waals surface area (Å²) in [6.07, 6.45) is 3.83. The smallest absolute Gasteiger partial charge is 0.387 e. The molecule has 1 aromatic rings. The van der Waals surface area contributed by atoms with Gasteiger partial charge in [0.05, 0.1) is 0 Å². The fourth-order valence-corrected chi connectivity index (χ4v) is 3.03. The summed E-state index contributed by atoms with van der Waals surface area (Å²) < 4.78 is 28.9. The molecule has 3 nitrogen and oxygen atoms in total. The highest BCUT2D eigenvalue weighted by Gasteiger charge is 2.30. The van der Waals surface area contributed by atoms with E-state index in [9.17, 15) is 8.78 Å². The van der Waals surface area contributed by atoms with Gasteiger partial charge in [0.2, 0.25) is 0 Å². The summed E-state index contributed by atoms with van der Waals surface area (Å²) in [5.74, 6) is 1.07. The van der Waals surface area contributed by atoms with Crippen LogP contribution < -0.4 is 10.1 Å². The Balaban J connectivity index is 0.00000132. The first kappa shape index (κ1) is 20.4. The molecular weight excluding hydrogens is 345 g/mol. The van der Waals surface area contributed by atoms with E-state index >= 15 is 0 Å². The van der Waals surface area contributed by atoms with Gasteiger partial charge in [0.25, 0.3) is 0 Å². The molecule has 0 spiro atoms. The molecule has 1 aromatic carbocycles. The number of rotatable bonds is 6. The Hall–Kier alpha value is -0.620. The molecule has 23 heavy (non-hydrogen) atoms. The maximum Gasteiger partial charge on any atom is 0.387 e. The van der Waals surface area contributed by atoms with Gasteiger partial charge in [0.1, 0.15) is 5.75 Å². The third-order valence-corrected chi connectivity index (χ3v) is 4.34. The predicted molar refractivity (Wildman–Crippen MR) is 92.1 cm³/mol. The summed E-state index contributed by atoms with van der Waals surface area (Å²) in [6, 6.07) is 7.59. The van der Waals surface area contributed by atoms with E-state index in [0.29, 0.717) is 6.04 Å². The van der Waals surface area contributed by atoms with Crippen molar-refractivity contribution in [1.82, 2.24) is 10.2 Å². The minimum atomic E-state index is -2.76. The van der Waals surface area contributed by atoms with Gasteiger partial charge >= 0.3 is 6.61 Å². The summed E-state index contributed by atoms with van der Waals surface area (Å²) in [4.78, 5) is 2.51. The molecule has 0 bridgehead atoms. The Bertz CT molecular complexity index is 452. The lowest BCUT2D eigenvalue weighted by molar-refractivity contribution is -0.0498. The summed E-state index contributed by atoms with van der Waals surface area (Å²) >= 11 is 0. The van der Waals surface area contributed by atoms with Crippen molar-refractivity contribution in [2.75, 3.05) is 26.2 Å². The molecule has 1 aliphatic heterocycles. The fourth-order valence-electron chi connectivity index (χ4n) is 3.03. The van der Waals surface area contributed by atoms with Crippen LogP contribution in [0.4, 0.5) is 8.78 Å². The standard InChI is InChI=1S/C16H22F2N2O.2ClH/c17-16(18)21-14-5-3-13(4-6-14)15(11-12-1-2-12)20-9-7-19-8-10-20;;/h3-6,12,15-16,19H,1-2,7-11H2;2*1H/t15-;;/m1../s1. The van der Waals surface area contributed by atoms with Crippen LogP contribution in [0.15, 0.2) is 24.3 Å². The van der Waals surface area contributed by atoms with Gasteiger partial charge in [-0.15, -0.1) is 24.8 Å². The van der Waals surface area contributed by atoms with Gasteiger partial charge in [-0.05, 0) is 30.0 Å². The Labute approximate surface area is 148 Å². The molecule has 1 saturated heterocycles. The minimum Gasteiger partial charge on any atom is -0.435 e. The summed E-state index contributed by atoms with van der Waals surface area (Å²) in [7, 11) is 0. The monoisotopic (exact) mass is 368 g/mol. The summed E-state index contributed by atoms with van der Waals surface area (Å²) in [6.45, 7) is 1.38. The van der Waals surface area contributed by atoms with Crippen molar-refractivity contribution in [3.63, 3.8) is 0 Å². The molecule has 2 fully saturated rings. The molecule has 132 valence electrons. The van der Waals surface area contributed by atoms with Crippen molar-refractivity contribution >= 4 is 24.8 Å². The van der Waals surface area contributed by atoms with Crippen molar-refractivity contribution < 1.29 is 13.5 Å². The van der Waals surface area contributed by atoms with Crippen LogP contribution in [0.3, 0.4) is 0 Å². The van der Waals surface area contributed by atoms with Gasteiger partial charge in [-0.3, -0.25) is 4.90 Å². The first-order chi connectivity index (χ1) is 10.2. The minimum absolute atomic E-state index is 0. The van der Waals surface area contributed by atoms with Crippen LogP contribution in [0.25, 0.3) is 0 Å². The lowest BCUT2D eigenvalue weighted by Crippen LogP contribution is -2.45. The SMILES string of the molecule is Cl.Cl.FC(F)Oc1ccc([C@@H](CC2CC2)N2CCNCC2)cc1. The van der Waals surface area contributed by atoms with Crippen LogP contribution in [0.5, 0.6) is 5.75 Å². The Morgan fingerprint density at radius 2 is 1.70 bits per heavy atom. The lowest BCUT2D eigenvalue weighted by atomic mass is 9.98. The molecule has 1 heterocycles. The molecule has 3 rings (SSSR count). The Morgan fingerprint density at radius 3 is 2.22 bits per heavy atom. The van der Waals surface area contributed by atoms with Gasteiger partial charge < -0.3 is 10.1 Å². The number of ether oxygens (including phenoxy) is 1. The first-order valence-corrected chi connectivity index (χ1v) is 7.72. The highest BCUT2D eigenvalue weighted by atomic mass is 35.5. The normalized spacial score (nSPS) is 19.6. The quantitative estimate of drug-likeness (QED) is 0.824. The zero-order valence-electron chi connectivity index (χ0n) is 12.9. The molecule has 1 N–H and O–H groups in total. The van der Waals surface area contributed by atoms with E-state index in [1.807, 2.05) is 12.1 Å². The van der Waals surface area contributed by atoms with Crippen LogP contribution in [0, 0.1) is 5.92 Å². The Kier molecular flexibility index (Phi) is 8.54. The van der Waals surface area contributed by atoms with Gasteiger partial charge in [0.15, 0.2) is 0 Å². The van der Waals surface area contributed by atoms with Gasteiger partial charge in [0, 0.05) is 32.2 Å². The first-order valence-electron chi connectivity index (χ1n) is 7.72. The van der Waals surface area contributed by atoms with Crippen LogP contribution in [0.2, 0.25) is 0 Å². The molecule has 0 unspecified atom stereocenters. The number of halogens is 4. The average molecular weight is 369 g/mol. The second-order valence-corrected chi connectivity index (χ2v) is 5.93. The van der Waals surface area contributed by atoms with Crippen molar-refractivity contribution in [1.29, 1.82) is 0 Å². The number of nitrogens with zero attached hydrogens (tertiary/aromatic N) is 1. The summed E-state index contributed by atoms with van der Waals surface area (Å²) in [5.41, 5.74) is 1.21. The van der Waals surface area contributed by atoms with Crippen LogP contribution in [-0.2, 0) is 0 Å². The van der Waals surface area contributed by atoms with Crippen molar-refractivity contribution in [3.05, 3.63) is 29.8 Å². The van der Waals surface area contributed by atoms with Gasteiger partial charge in [-0.1, -0.05) is 25.0 Å². The lowest BCUT2D eigenvalue weighted by Gasteiger charge is -2.35. The topological polar surface area (TPSA) is 24.5 Å². The molecule has 2 aliphatic rings. The third-order valence-electron chi connectivity index (χ3n) is 4.34. The van der Waals surface area contributed by atoms with E-state index in [2.05, 4.69) is 15.0 Å². The highest BCUT2D eigenvalue weighted by Crippen LogP contribution is 2.40. The molecule has 0 amide bonds. The van der Waals surface area contributed by atoms with E-state index in [1.165, 1.54) is 24.8 Å². The zero-order chi connectivity index (χ0) is 14.7. The predicted octanol–water partition coefficient (Wildman–Crippen LogP) is 3.88. The average Bonchev–Trinajstić information content (AvgIpc) is 3.30. The maximum atomic E-state index is 12.2. The summed E-state index contributed by atoms with van der Waals surface area (Å²) in [5, 5.41) is 3.38. The second kappa shape index (κ2) is 9.62. The molecule has 1 aliphatic carbocycles. The van der Waals surface area contributed by atoms with E-state index in [4.69, 9.17) is 0 Å². The molecule has 1 atom stereocenters. The van der Waals surface area contributed by atoms with Gasteiger partial charge in [-0.25, -0.2) is 0 Å². The molecular formula is C16H24Cl2F2N2O. The molecule has 1 saturated carbocycles. The number of piperazine rings is 1. The van der Waals surface area contributed by atoms with Crippen LogP contribution >= 0.6 is 24.8 Å². The largest absolute Gasteiger partial charge is 0.435 e. The van der Waals surface area contributed by atoms with Crippen molar-refractivity contribution in [2.24, 2.45) is 5.92 Å². The maximum absolute atomic E-state index is 12.2. The van der Waals surface area contributed by atoms with Crippen LogP contribution in [-0.4, -0.2) is 37.7 Å². The van der Waals surface area contributed by atoms with E-state index in [0.717, 1.165) is 32.1 Å². The highest BCUT2D eigenvalue weighted by molar-refractivity contribution is 5.85. The third kappa shape index (κ3) is 6.07. The number of hydrogen-bond donors (Lipinski definition) is 1. The van der Waals surface area contributed by atoms with Gasteiger partial charge in [-0.2, -0.15) is 8.78 Å². The Morgan fingerprint density at radius 1 is 1.09 bits per heavy atom. The van der Waals surface area contributed by atoms with E-state index < -0.39 is 6.61 Å². The number of nitrogens with one attached hydrogen (secondary N) is 1. The van der Waals surface area contributed by atoms with E-state index in [-0.39, 0.29) is 30.6 Å². The van der Waals surface area contributed by atoms with Crippen molar-refractivity contribution in [2.45, 2.75) is 31.9 Å². The number of alkyl halides is 2. The zero-order valence-corrected chi connectivity index (χ0v) is 14.6. The molecule has 0 radical (unpaired) electrons. The number of hydrogen-bond acceptors (Lipinski definition) is 3. The van der Waals surface area contributed by atoms with Crippen LogP contribution in [0.1, 0.15) is 30.9 Å².